The lowest BCUT2D eigenvalue weighted by Crippen LogP contribution is -2.31. The van der Waals surface area contributed by atoms with Crippen LogP contribution in [0.15, 0.2) is 0 Å². The number of alkyl halides is 1. The van der Waals surface area contributed by atoms with Crippen LogP contribution in [0.5, 0.6) is 0 Å². The van der Waals surface area contributed by atoms with Crippen LogP contribution in [0.2, 0.25) is 0 Å². The second-order valence-corrected chi connectivity index (χ2v) is 3.68. The zero-order valence-electron chi connectivity index (χ0n) is 5.42. The van der Waals surface area contributed by atoms with Gasteiger partial charge in [0, 0.05) is 6.42 Å². The Morgan fingerprint density at radius 1 is 1.70 bits per heavy atom. The molecule has 0 bridgehead atoms. The second kappa shape index (κ2) is 2.34. The van der Waals surface area contributed by atoms with Crippen molar-refractivity contribution in [2.75, 3.05) is 6.61 Å². The SMILES string of the molecule is O=C1CCC2CO[C@H](I)N12. The highest BCUT2D eigenvalue weighted by atomic mass is 127. The average molecular weight is 253 g/mol. The first kappa shape index (κ1) is 6.84. The highest BCUT2D eigenvalue weighted by Crippen LogP contribution is 2.30. The lowest BCUT2D eigenvalue weighted by Gasteiger charge is -2.16. The third kappa shape index (κ3) is 0.852. The molecule has 56 valence electrons. The molecule has 2 aliphatic rings. The zero-order valence-corrected chi connectivity index (χ0v) is 7.58. The van der Waals surface area contributed by atoms with Crippen molar-refractivity contribution in [1.82, 2.24) is 4.90 Å². The highest BCUT2D eigenvalue weighted by Gasteiger charge is 2.40. The van der Waals surface area contributed by atoms with Crippen LogP contribution in [0.3, 0.4) is 0 Å². The van der Waals surface area contributed by atoms with E-state index in [1.54, 1.807) is 0 Å². The van der Waals surface area contributed by atoms with E-state index in [2.05, 4.69) is 22.6 Å². The molecule has 4 heteroatoms. The van der Waals surface area contributed by atoms with Gasteiger partial charge in [-0.05, 0) is 29.0 Å². The van der Waals surface area contributed by atoms with E-state index in [0.717, 1.165) is 13.0 Å². The van der Waals surface area contributed by atoms with Gasteiger partial charge >= 0.3 is 0 Å². The van der Waals surface area contributed by atoms with Crippen LogP contribution in [0.1, 0.15) is 12.8 Å². The molecule has 0 aromatic heterocycles. The first-order valence-electron chi connectivity index (χ1n) is 3.36. The van der Waals surface area contributed by atoms with Crippen molar-refractivity contribution in [2.24, 2.45) is 0 Å². The molecule has 1 amide bonds. The Labute approximate surface area is 72.8 Å². The van der Waals surface area contributed by atoms with E-state index in [1.807, 2.05) is 4.90 Å². The first-order valence-corrected chi connectivity index (χ1v) is 4.60. The summed E-state index contributed by atoms with van der Waals surface area (Å²) in [5, 5.41) is 0. The molecule has 2 aliphatic heterocycles. The maximum absolute atomic E-state index is 11.1. The maximum Gasteiger partial charge on any atom is 0.225 e. The van der Waals surface area contributed by atoms with Crippen LogP contribution >= 0.6 is 22.6 Å². The van der Waals surface area contributed by atoms with Crippen LogP contribution in [-0.4, -0.2) is 27.7 Å². The molecule has 0 saturated carbocycles. The van der Waals surface area contributed by atoms with Gasteiger partial charge in [0.1, 0.15) is 0 Å². The van der Waals surface area contributed by atoms with E-state index in [-0.39, 0.29) is 10.1 Å². The molecule has 2 fully saturated rings. The zero-order chi connectivity index (χ0) is 7.14. The molecule has 0 radical (unpaired) electrons. The molecule has 2 rings (SSSR count). The van der Waals surface area contributed by atoms with Crippen molar-refractivity contribution in [1.29, 1.82) is 0 Å². The minimum Gasteiger partial charge on any atom is -0.347 e. The van der Waals surface area contributed by atoms with Crippen LogP contribution < -0.4 is 0 Å². The standard InChI is InChI=1S/C6H8INO2/c7-6-8-4(3-10-6)1-2-5(8)9/h4,6H,1-3H2/t4?,6-/m1/s1. The van der Waals surface area contributed by atoms with Crippen LogP contribution in [0.4, 0.5) is 0 Å². The predicted molar refractivity (Wildman–Crippen MR) is 43.6 cm³/mol. The smallest absolute Gasteiger partial charge is 0.225 e. The minimum absolute atomic E-state index is 0.00222. The number of halogens is 1. The third-order valence-corrected chi connectivity index (χ3v) is 2.98. The molecule has 3 nitrogen and oxygen atoms in total. The van der Waals surface area contributed by atoms with Gasteiger partial charge in [0.05, 0.1) is 12.6 Å². The van der Waals surface area contributed by atoms with E-state index < -0.39 is 0 Å². The van der Waals surface area contributed by atoms with Crippen LogP contribution in [0.25, 0.3) is 0 Å². The van der Waals surface area contributed by atoms with Gasteiger partial charge in [-0.2, -0.15) is 0 Å². The fourth-order valence-corrected chi connectivity index (χ4v) is 2.45. The maximum atomic E-state index is 11.1. The summed E-state index contributed by atoms with van der Waals surface area (Å²) < 4.78 is 5.28. The quantitative estimate of drug-likeness (QED) is 0.362. The summed E-state index contributed by atoms with van der Waals surface area (Å²) in [6.45, 7) is 0.735. The molecule has 2 atom stereocenters. The number of hydrogen-bond donors (Lipinski definition) is 0. The van der Waals surface area contributed by atoms with E-state index in [9.17, 15) is 4.79 Å². The Kier molecular flexibility index (Phi) is 1.60. The molecule has 0 aromatic carbocycles. The summed E-state index contributed by atoms with van der Waals surface area (Å²) in [5.41, 5.74) is 0. The number of nitrogens with zero attached hydrogens (tertiary/aromatic N) is 1. The summed E-state index contributed by atoms with van der Waals surface area (Å²) in [6.07, 6.45) is 1.70. The summed E-state index contributed by atoms with van der Waals surface area (Å²) in [4.78, 5) is 13.0. The van der Waals surface area contributed by atoms with Crippen LogP contribution in [-0.2, 0) is 9.53 Å². The lowest BCUT2D eigenvalue weighted by molar-refractivity contribution is -0.129. The summed E-state index contributed by atoms with van der Waals surface area (Å²) in [7, 11) is 0. The number of fused-ring (bicyclic) bond motifs is 1. The van der Waals surface area contributed by atoms with Crippen molar-refractivity contribution < 1.29 is 9.53 Å². The molecule has 0 aliphatic carbocycles. The van der Waals surface area contributed by atoms with Gasteiger partial charge in [0.2, 0.25) is 5.91 Å². The van der Waals surface area contributed by atoms with E-state index >= 15 is 0 Å². The van der Waals surface area contributed by atoms with Gasteiger partial charge in [0.15, 0.2) is 4.23 Å². The highest BCUT2D eigenvalue weighted by molar-refractivity contribution is 14.1. The van der Waals surface area contributed by atoms with Crippen molar-refractivity contribution in [3.05, 3.63) is 0 Å². The molecule has 10 heavy (non-hydrogen) atoms. The van der Waals surface area contributed by atoms with Crippen molar-refractivity contribution in [3.63, 3.8) is 0 Å². The molecule has 2 saturated heterocycles. The van der Waals surface area contributed by atoms with Crippen molar-refractivity contribution in [3.8, 4) is 0 Å². The molecule has 1 unspecified atom stereocenters. The average Bonchev–Trinajstić information content (AvgIpc) is 2.40. The van der Waals surface area contributed by atoms with Gasteiger partial charge in [-0.3, -0.25) is 4.79 Å². The normalized spacial score (nSPS) is 38.9. The molecule has 0 spiro atoms. The Morgan fingerprint density at radius 2 is 2.50 bits per heavy atom. The molecular formula is C6H8INO2. The molecular weight excluding hydrogens is 245 g/mol. The van der Waals surface area contributed by atoms with Gasteiger partial charge in [-0.1, -0.05) is 0 Å². The molecule has 2 heterocycles. The van der Waals surface area contributed by atoms with Gasteiger partial charge < -0.3 is 9.64 Å². The first-order chi connectivity index (χ1) is 4.79. The minimum atomic E-state index is -0.00222. The fraction of sp³-hybridized carbons (Fsp3) is 0.833. The largest absolute Gasteiger partial charge is 0.347 e. The Balaban J connectivity index is 2.19. The second-order valence-electron chi connectivity index (χ2n) is 2.62. The number of rotatable bonds is 0. The number of hydrogen-bond acceptors (Lipinski definition) is 2. The number of amides is 1. The fourth-order valence-electron chi connectivity index (χ4n) is 1.48. The monoisotopic (exact) mass is 253 g/mol. The molecule has 0 aromatic rings. The molecule has 0 N–H and O–H groups in total. The van der Waals surface area contributed by atoms with E-state index in [4.69, 9.17) is 4.74 Å². The van der Waals surface area contributed by atoms with Gasteiger partial charge in [-0.25, -0.2) is 0 Å². The lowest BCUT2D eigenvalue weighted by atomic mass is 10.2. The summed E-state index contributed by atoms with van der Waals surface area (Å²) in [6, 6.07) is 0.384. The topological polar surface area (TPSA) is 29.5 Å². The summed E-state index contributed by atoms with van der Waals surface area (Å²) >= 11 is 2.15. The van der Waals surface area contributed by atoms with Gasteiger partial charge in [0.25, 0.3) is 0 Å². The van der Waals surface area contributed by atoms with E-state index in [1.165, 1.54) is 0 Å². The van der Waals surface area contributed by atoms with Gasteiger partial charge in [-0.15, -0.1) is 0 Å². The van der Waals surface area contributed by atoms with Crippen molar-refractivity contribution >= 4 is 28.5 Å². The Morgan fingerprint density at radius 3 is 3.20 bits per heavy atom. The number of ether oxygens (including phenoxy) is 1. The number of carbonyl (C=O) groups is 1. The van der Waals surface area contributed by atoms with E-state index in [0.29, 0.717) is 12.5 Å². The van der Waals surface area contributed by atoms with Crippen molar-refractivity contribution in [2.45, 2.75) is 23.1 Å². The summed E-state index contributed by atoms with van der Waals surface area (Å²) in [5.74, 6) is 0.252. The Hall–Kier alpha value is 0.160. The predicted octanol–water partition coefficient (Wildman–Crippen LogP) is 0.726. The number of carbonyl (C=O) groups excluding carboxylic acids is 1. The Bertz CT molecular complexity index is 173. The third-order valence-electron chi connectivity index (χ3n) is 2.02. The van der Waals surface area contributed by atoms with Crippen LogP contribution in [0, 0.1) is 0 Å².